The molecule has 0 unspecified atom stereocenters. The molecule has 0 aliphatic heterocycles. The molecule has 20 heavy (non-hydrogen) atoms. The Morgan fingerprint density at radius 1 is 1.45 bits per heavy atom. The SMILES string of the molecule is Cc1sc(NC(=O)c2ccc(N)c(Cl)c2)c(C#N)c1C. The summed E-state index contributed by atoms with van der Waals surface area (Å²) in [4.78, 5) is 13.2. The number of anilines is 2. The van der Waals surface area contributed by atoms with E-state index in [0.29, 0.717) is 26.8 Å². The number of hydrogen-bond donors (Lipinski definition) is 2. The van der Waals surface area contributed by atoms with Gasteiger partial charge in [0, 0.05) is 10.4 Å². The van der Waals surface area contributed by atoms with Crippen LogP contribution in [0.15, 0.2) is 18.2 Å². The van der Waals surface area contributed by atoms with E-state index in [1.165, 1.54) is 17.4 Å². The fourth-order valence-corrected chi connectivity index (χ4v) is 2.88. The summed E-state index contributed by atoms with van der Waals surface area (Å²) in [6, 6.07) is 6.79. The van der Waals surface area contributed by atoms with Crippen LogP contribution in [0, 0.1) is 25.2 Å². The number of carbonyl (C=O) groups is 1. The second-order valence-electron chi connectivity index (χ2n) is 4.29. The molecule has 2 rings (SSSR count). The lowest BCUT2D eigenvalue weighted by atomic mass is 10.1. The Morgan fingerprint density at radius 2 is 2.15 bits per heavy atom. The lowest BCUT2D eigenvalue weighted by Gasteiger charge is -2.05. The highest BCUT2D eigenvalue weighted by Crippen LogP contribution is 2.32. The summed E-state index contributed by atoms with van der Waals surface area (Å²) in [5, 5.41) is 12.8. The number of benzene rings is 1. The molecule has 0 fully saturated rings. The molecule has 3 N–H and O–H groups in total. The predicted octanol–water partition coefficient (Wildman–Crippen LogP) is 3.72. The Hall–Kier alpha value is -2.03. The van der Waals surface area contributed by atoms with Crippen molar-refractivity contribution < 1.29 is 4.79 Å². The zero-order valence-corrected chi connectivity index (χ0v) is 12.5. The van der Waals surface area contributed by atoms with E-state index in [4.69, 9.17) is 22.6 Å². The van der Waals surface area contributed by atoms with Gasteiger partial charge in [0.05, 0.1) is 16.3 Å². The zero-order valence-electron chi connectivity index (χ0n) is 11.0. The van der Waals surface area contributed by atoms with Crippen molar-refractivity contribution in [3.8, 4) is 6.07 Å². The first-order valence-electron chi connectivity index (χ1n) is 5.80. The van der Waals surface area contributed by atoms with Gasteiger partial charge in [-0.2, -0.15) is 5.26 Å². The van der Waals surface area contributed by atoms with Gasteiger partial charge in [-0.3, -0.25) is 4.79 Å². The van der Waals surface area contributed by atoms with Gasteiger partial charge in [-0.05, 0) is 37.6 Å². The molecule has 2 aromatic rings. The summed E-state index contributed by atoms with van der Waals surface area (Å²) in [5.74, 6) is -0.315. The van der Waals surface area contributed by atoms with Crippen molar-refractivity contribution in [1.82, 2.24) is 0 Å². The van der Waals surface area contributed by atoms with E-state index in [9.17, 15) is 4.79 Å². The van der Waals surface area contributed by atoms with E-state index < -0.39 is 0 Å². The quantitative estimate of drug-likeness (QED) is 0.830. The van der Waals surface area contributed by atoms with E-state index in [1.54, 1.807) is 12.1 Å². The molecular weight excluding hydrogens is 294 g/mol. The van der Waals surface area contributed by atoms with Crippen molar-refractivity contribution in [2.24, 2.45) is 0 Å². The molecule has 4 nitrogen and oxygen atoms in total. The van der Waals surface area contributed by atoms with Crippen molar-refractivity contribution in [3.63, 3.8) is 0 Å². The van der Waals surface area contributed by atoms with Crippen LogP contribution >= 0.6 is 22.9 Å². The molecule has 1 aromatic heterocycles. The Bertz CT molecular complexity index is 731. The van der Waals surface area contributed by atoms with Gasteiger partial charge in [0.15, 0.2) is 0 Å². The third kappa shape index (κ3) is 2.62. The molecule has 1 amide bonds. The van der Waals surface area contributed by atoms with Crippen molar-refractivity contribution in [2.45, 2.75) is 13.8 Å². The van der Waals surface area contributed by atoms with Gasteiger partial charge in [-0.1, -0.05) is 11.6 Å². The molecule has 0 atom stereocenters. The third-order valence-corrected chi connectivity index (χ3v) is 4.44. The molecule has 0 bridgehead atoms. The predicted molar refractivity (Wildman–Crippen MR) is 82.3 cm³/mol. The largest absolute Gasteiger partial charge is 0.398 e. The molecule has 0 spiro atoms. The molecule has 0 aliphatic rings. The molecule has 1 aromatic carbocycles. The highest BCUT2D eigenvalue weighted by atomic mass is 35.5. The normalized spacial score (nSPS) is 10.1. The molecule has 6 heteroatoms. The number of aryl methyl sites for hydroxylation is 1. The number of hydrogen-bond acceptors (Lipinski definition) is 4. The van der Waals surface area contributed by atoms with E-state index >= 15 is 0 Å². The topological polar surface area (TPSA) is 78.9 Å². The van der Waals surface area contributed by atoms with Gasteiger partial charge in [0.2, 0.25) is 0 Å². The number of amides is 1. The average Bonchev–Trinajstić information content (AvgIpc) is 2.67. The van der Waals surface area contributed by atoms with E-state index in [1.807, 2.05) is 13.8 Å². The number of carbonyl (C=O) groups excluding carboxylic acids is 1. The summed E-state index contributed by atoms with van der Waals surface area (Å²) in [5.41, 5.74) is 7.82. The Morgan fingerprint density at radius 3 is 2.75 bits per heavy atom. The van der Waals surface area contributed by atoms with Gasteiger partial charge in [0.1, 0.15) is 11.1 Å². The van der Waals surface area contributed by atoms with Crippen LogP contribution in [0.2, 0.25) is 5.02 Å². The Balaban J connectivity index is 2.30. The van der Waals surface area contributed by atoms with Gasteiger partial charge < -0.3 is 11.1 Å². The zero-order chi connectivity index (χ0) is 14.9. The van der Waals surface area contributed by atoms with E-state index in [0.717, 1.165) is 10.4 Å². The lowest BCUT2D eigenvalue weighted by Crippen LogP contribution is -2.12. The highest BCUT2D eigenvalue weighted by molar-refractivity contribution is 7.16. The molecular formula is C14H12ClN3OS. The smallest absolute Gasteiger partial charge is 0.256 e. The number of nitrogens with one attached hydrogen (secondary N) is 1. The summed E-state index contributed by atoms with van der Waals surface area (Å²) in [6.07, 6.45) is 0. The number of halogens is 1. The first-order valence-corrected chi connectivity index (χ1v) is 7.00. The second-order valence-corrected chi connectivity index (χ2v) is 5.92. The number of nitrogens with two attached hydrogens (primary N) is 1. The molecule has 1 heterocycles. The van der Waals surface area contributed by atoms with Crippen LogP contribution < -0.4 is 11.1 Å². The fourth-order valence-electron chi connectivity index (χ4n) is 1.69. The van der Waals surface area contributed by atoms with Crippen LogP contribution in [0.1, 0.15) is 26.4 Å². The number of nitrogen functional groups attached to an aromatic ring is 1. The molecule has 102 valence electrons. The molecule has 0 saturated carbocycles. The van der Waals surface area contributed by atoms with E-state index in [-0.39, 0.29) is 5.91 Å². The minimum absolute atomic E-state index is 0.315. The first-order chi connectivity index (χ1) is 9.43. The van der Waals surface area contributed by atoms with Crippen LogP contribution in [0.3, 0.4) is 0 Å². The molecule has 0 saturated heterocycles. The lowest BCUT2D eigenvalue weighted by molar-refractivity contribution is 0.102. The number of nitrogens with zero attached hydrogens (tertiary/aromatic N) is 1. The highest BCUT2D eigenvalue weighted by Gasteiger charge is 2.16. The van der Waals surface area contributed by atoms with Crippen molar-refractivity contribution in [2.75, 3.05) is 11.1 Å². The summed E-state index contributed by atoms with van der Waals surface area (Å²) >= 11 is 7.28. The van der Waals surface area contributed by atoms with Gasteiger partial charge in [-0.15, -0.1) is 11.3 Å². The van der Waals surface area contributed by atoms with Crippen molar-refractivity contribution >= 4 is 39.5 Å². The monoisotopic (exact) mass is 305 g/mol. The molecule has 0 radical (unpaired) electrons. The van der Waals surface area contributed by atoms with Crippen LogP contribution in [-0.4, -0.2) is 5.91 Å². The minimum Gasteiger partial charge on any atom is -0.398 e. The van der Waals surface area contributed by atoms with Crippen LogP contribution in [0.25, 0.3) is 0 Å². The molecule has 0 aliphatic carbocycles. The first kappa shape index (κ1) is 14.4. The standard InChI is InChI=1S/C14H12ClN3OS/c1-7-8(2)20-14(10(7)6-16)18-13(19)9-3-4-12(17)11(15)5-9/h3-5H,17H2,1-2H3,(H,18,19). The van der Waals surface area contributed by atoms with Crippen molar-refractivity contribution in [1.29, 1.82) is 5.26 Å². The summed E-state index contributed by atoms with van der Waals surface area (Å²) in [6.45, 7) is 3.77. The number of nitriles is 1. The fraction of sp³-hybridized carbons (Fsp3) is 0.143. The second kappa shape index (κ2) is 5.53. The van der Waals surface area contributed by atoms with Gasteiger partial charge in [0.25, 0.3) is 5.91 Å². The maximum atomic E-state index is 12.2. The third-order valence-electron chi connectivity index (χ3n) is 2.99. The average molecular weight is 306 g/mol. The Labute approximate surface area is 125 Å². The van der Waals surface area contributed by atoms with Gasteiger partial charge in [-0.25, -0.2) is 0 Å². The summed E-state index contributed by atoms with van der Waals surface area (Å²) < 4.78 is 0. The summed E-state index contributed by atoms with van der Waals surface area (Å²) in [7, 11) is 0. The Kier molecular flexibility index (Phi) is 3.98. The number of rotatable bonds is 2. The number of thiophene rings is 1. The van der Waals surface area contributed by atoms with Crippen LogP contribution in [0.5, 0.6) is 0 Å². The van der Waals surface area contributed by atoms with Crippen molar-refractivity contribution in [3.05, 3.63) is 44.8 Å². The minimum atomic E-state index is -0.315. The van der Waals surface area contributed by atoms with E-state index in [2.05, 4.69) is 11.4 Å². The maximum Gasteiger partial charge on any atom is 0.256 e. The van der Waals surface area contributed by atoms with Crippen LogP contribution in [0.4, 0.5) is 10.7 Å². The van der Waals surface area contributed by atoms with Crippen LogP contribution in [-0.2, 0) is 0 Å². The van der Waals surface area contributed by atoms with Gasteiger partial charge >= 0.3 is 0 Å². The maximum absolute atomic E-state index is 12.2.